The van der Waals surface area contributed by atoms with Gasteiger partial charge in [0.05, 0.1) is 24.8 Å². The number of carbonyl (C=O) groups is 2. The van der Waals surface area contributed by atoms with Crippen LogP contribution >= 0.6 is 0 Å². The Morgan fingerprint density at radius 1 is 1.00 bits per heavy atom. The molecule has 2 aromatic rings. The van der Waals surface area contributed by atoms with E-state index in [4.69, 9.17) is 4.74 Å². The van der Waals surface area contributed by atoms with Crippen molar-refractivity contribution < 1.29 is 23.8 Å². The van der Waals surface area contributed by atoms with Gasteiger partial charge in [-0.3, -0.25) is 0 Å². The third-order valence-corrected chi connectivity index (χ3v) is 3.23. The van der Waals surface area contributed by atoms with E-state index in [1.165, 1.54) is 25.5 Å². The Morgan fingerprint density at radius 3 is 2.08 bits per heavy atom. The van der Waals surface area contributed by atoms with Gasteiger partial charge in [0.15, 0.2) is 6.21 Å². The van der Waals surface area contributed by atoms with Crippen molar-refractivity contribution in [3.05, 3.63) is 70.4 Å². The van der Waals surface area contributed by atoms with Crippen molar-refractivity contribution in [2.75, 3.05) is 13.7 Å². The molecule has 0 aromatic heterocycles. The van der Waals surface area contributed by atoms with E-state index in [-0.39, 0.29) is 0 Å². The molecular weight excluding hydrogens is 310 g/mol. The van der Waals surface area contributed by atoms with E-state index in [1.54, 1.807) is 43.3 Å². The summed E-state index contributed by atoms with van der Waals surface area (Å²) < 4.78 is 10.2. The molecule has 0 bridgehead atoms. The van der Waals surface area contributed by atoms with Crippen LogP contribution < -0.4 is 0 Å². The fourth-order valence-electron chi connectivity index (χ4n) is 1.99. The molecular formula is C18H17NO5. The molecule has 0 amide bonds. The average Bonchev–Trinajstić information content (AvgIpc) is 2.62. The minimum Gasteiger partial charge on any atom is -0.618 e. The lowest BCUT2D eigenvalue weighted by atomic mass is 10.1. The molecule has 0 aliphatic carbocycles. The summed E-state index contributed by atoms with van der Waals surface area (Å²) in [6, 6.07) is 12.6. The van der Waals surface area contributed by atoms with Crippen LogP contribution in [0.5, 0.6) is 0 Å². The molecule has 24 heavy (non-hydrogen) atoms. The molecule has 0 heterocycles. The lowest BCUT2D eigenvalue weighted by Crippen LogP contribution is -2.05. The molecule has 0 unspecified atom stereocenters. The van der Waals surface area contributed by atoms with Gasteiger partial charge in [0.25, 0.3) is 0 Å². The van der Waals surface area contributed by atoms with Gasteiger partial charge in [0, 0.05) is 17.7 Å². The van der Waals surface area contributed by atoms with E-state index >= 15 is 0 Å². The standard InChI is InChI=1S/C18H17NO5/c1-3-24-18(21)15-8-10-16(11-9-15)19(22)12-13-4-6-14(7-5-13)17(20)23-2/h4-12H,3H2,1-2H3. The first-order chi connectivity index (χ1) is 11.5. The van der Waals surface area contributed by atoms with Gasteiger partial charge in [0.1, 0.15) is 0 Å². The van der Waals surface area contributed by atoms with Crippen LogP contribution in [0.1, 0.15) is 33.2 Å². The summed E-state index contributed by atoms with van der Waals surface area (Å²) in [7, 11) is 1.31. The summed E-state index contributed by atoms with van der Waals surface area (Å²) in [6.07, 6.45) is 1.38. The first-order valence-corrected chi connectivity index (χ1v) is 7.32. The molecule has 2 aromatic carbocycles. The Labute approximate surface area is 139 Å². The molecule has 0 atom stereocenters. The number of benzene rings is 2. The summed E-state index contributed by atoms with van der Waals surface area (Å²) in [6.45, 7) is 2.02. The van der Waals surface area contributed by atoms with Crippen molar-refractivity contribution >= 4 is 23.8 Å². The summed E-state index contributed by atoms with van der Waals surface area (Å²) in [5, 5.41) is 12.1. The monoisotopic (exact) mass is 327 g/mol. The minimum atomic E-state index is -0.435. The SMILES string of the molecule is CCOC(=O)c1ccc([N+]([O-])=Cc2ccc(C(=O)OC)cc2)cc1. The second-order valence-corrected chi connectivity index (χ2v) is 4.84. The van der Waals surface area contributed by atoms with Crippen LogP contribution in [-0.4, -0.2) is 36.6 Å². The largest absolute Gasteiger partial charge is 0.618 e. The third kappa shape index (κ3) is 4.19. The Hall–Kier alpha value is -3.15. The number of rotatable bonds is 5. The van der Waals surface area contributed by atoms with E-state index < -0.39 is 11.9 Å². The van der Waals surface area contributed by atoms with Gasteiger partial charge < -0.3 is 14.7 Å². The zero-order valence-corrected chi connectivity index (χ0v) is 13.4. The van der Waals surface area contributed by atoms with Gasteiger partial charge in [-0.2, -0.15) is 4.74 Å². The summed E-state index contributed by atoms with van der Waals surface area (Å²) in [5.74, 6) is -0.862. The second-order valence-electron chi connectivity index (χ2n) is 4.84. The van der Waals surface area contributed by atoms with Crippen molar-refractivity contribution in [1.29, 1.82) is 0 Å². The number of carbonyl (C=O) groups excluding carboxylic acids is 2. The van der Waals surface area contributed by atoms with E-state index in [2.05, 4.69) is 4.74 Å². The molecule has 124 valence electrons. The van der Waals surface area contributed by atoms with Gasteiger partial charge in [0.2, 0.25) is 5.69 Å². The highest BCUT2D eigenvalue weighted by atomic mass is 16.5. The summed E-state index contributed by atoms with van der Waals surface area (Å²) >= 11 is 0. The highest BCUT2D eigenvalue weighted by Crippen LogP contribution is 2.14. The molecule has 0 saturated heterocycles. The molecule has 6 heteroatoms. The Morgan fingerprint density at radius 2 is 1.54 bits per heavy atom. The van der Waals surface area contributed by atoms with Crippen LogP contribution in [0.2, 0.25) is 0 Å². The van der Waals surface area contributed by atoms with Crippen molar-refractivity contribution in [3.8, 4) is 0 Å². The zero-order chi connectivity index (χ0) is 17.5. The lowest BCUT2D eigenvalue weighted by Gasteiger charge is -2.05. The number of hydrogen-bond donors (Lipinski definition) is 0. The molecule has 0 spiro atoms. The lowest BCUT2D eigenvalue weighted by molar-refractivity contribution is -0.354. The molecule has 0 fully saturated rings. The van der Waals surface area contributed by atoms with Crippen LogP contribution in [-0.2, 0) is 9.47 Å². The summed E-state index contributed by atoms with van der Waals surface area (Å²) in [5.41, 5.74) is 1.80. The van der Waals surface area contributed by atoms with Gasteiger partial charge in [-0.1, -0.05) is 0 Å². The van der Waals surface area contributed by atoms with Gasteiger partial charge >= 0.3 is 11.9 Å². The number of ether oxygens (including phenoxy) is 2. The molecule has 0 aliphatic heterocycles. The molecule has 0 aliphatic rings. The normalized spacial score (nSPS) is 11.0. The maximum Gasteiger partial charge on any atom is 0.338 e. The number of esters is 2. The van der Waals surface area contributed by atoms with Crippen molar-refractivity contribution in [2.24, 2.45) is 0 Å². The quantitative estimate of drug-likeness (QED) is 0.277. The Bertz CT molecular complexity index is 748. The molecule has 6 nitrogen and oxygen atoms in total. The summed E-state index contributed by atoms with van der Waals surface area (Å²) in [4.78, 5) is 22.9. The van der Waals surface area contributed by atoms with E-state index in [9.17, 15) is 14.8 Å². The number of nitrogens with zero attached hydrogens (tertiary/aromatic N) is 1. The molecule has 0 saturated carbocycles. The van der Waals surface area contributed by atoms with Crippen LogP contribution in [0, 0.1) is 5.21 Å². The Kier molecular flexibility index (Phi) is 5.68. The first kappa shape index (κ1) is 17.2. The second kappa shape index (κ2) is 7.92. The maximum atomic E-state index is 12.1. The first-order valence-electron chi connectivity index (χ1n) is 7.32. The van der Waals surface area contributed by atoms with Gasteiger partial charge in [-0.15, -0.1) is 0 Å². The van der Waals surface area contributed by atoms with Crippen LogP contribution in [0.4, 0.5) is 5.69 Å². The van der Waals surface area contributed by atoms with E-state index in [0.29, 0.717) is 33.7 Å². The predicted molar refractivity (Wildman–Crippen MR) is 88.6 cm³/mol. The number of hydrogen-bond acceptors (Lipinski definition) is 5. The zero-order valence-electron chi connectivity index (χ0n) is 13.4. The average molecular weight is 327 g/mol. The van der Waals surface area contributed by atoms with Crippen LogP contribution in [0.15, 0.2) is 48.5 Å². The highest BCUT2D eigenvalue weighted by Gasteiger charge is 2.09. The molecule has 0 N–H and O–H groups in total. The maximum absolute atomic E-state index is 12.1. The van der Waals surface area contributed by atoms with Crippen molar-refractivity contribution in [2.45, 2.75) is 6.92 Å². The molecule has 0 radical (unpaired) electrons. The van der Waals surface area contributed by atoms with Crippen molar-refractivity contribution in [3.63, 3.8) is 0 Å². The molecule has 2 rings (SSSR count). The van der Waals surface area contributed by atoms with E-state index in [0.717, 1.165) is 0 Å². The van der Waals surface area contributed by atoms with Gasteiger partial charge in [-0.25, -0.2) is 9.59 Å². The van der Waals surface area contributed by atoms with Crippen LogP contribution in [0.3, 0.4) is 0 Å². The third-order valence-electron chi connectivity index (χ3n) is 3.23. The minimum absolute atomic E-state index is 0.295. The van der Waals surface area contributed by atoms with Gasteiger partial charge in [-0.05, 0) is 43.3 Å². The van der Waals surface area contributed by atoms with Crippen LogP contribution in [0.25, 0.3) is 0 Å². The predicted octanol–water partition coefficient (Wildman–Crippen LogP) is 2.91. The number of methoxy groups -OCH3 is 1. The fraction of sp³-hybridized carbons (Fsp3) is 0.167. The smallest absolute Gasteiger partial charge is 0.338 e. The van der Waals surface area contributed by atoms with Crippen molar-refractivity contribution in [1.82, 2.24) is 0 Å². The Balaban J connectivity index is 2.15. The van der Waals surface area contributed by atoms with E-state index in [1.807, 2.05) is 0 Å². The fourth-order valence-corrected chi connectivity index (χ4v) is 1.99. The highest BCUT2D eigenvalue weighted by molar-refractivity contribution is 5.90. The topological polar surface area (TPSA) is 78.7 Å².